The maximum Gasteiger partial charge on any atom is 0.330 e. The zero-order valence-electron chi connectivity index (χ0n) is 16.4. The number of sulfonamides is 1. The number of rotatable bonds is 4. The van der Waals surface area contributed by atoms with Crippen molar-refractivity contribution < 1.29 is 17.9 Å². The van der Waals surface area contributed by atoms with Gasteiger partial charge < -0.3 is 15.0 Å². The molecule has 0 spiro atoms. The predicted octanol–water partition coefficient (Wildman–Crippen LogP) is 1.12. The van der Waals surface area contributed by atoms with Crippen molar-refractivity contribution in [1.29, 1.82) is 0 Å². The topological polar surface area (TPSA) is 114 Å². The van der Waals surface area contributed by atoms with Crippen molar-refractivity contribution >= 4 is 38.4 Å². The molecule has 1 aliphatic rings. The van der Waals surface area contributed by atoms with Gasteiger partial charge in [-0.2, -0.15) is 0 Å². The molecule has 0 aliphatic carbocycles. The summed E-state index contributed by atoms with van der Waals surface area (Å²) in [5, 5.41) is 3.87. The van der Waals surface area contributed by atoms with Gasteiger partial charge in [-0.25, -0.2) is 23.2 Å². The molecule has 1 saturated heterocycles. The van der Waals surface area contributed by atoms with Crippen LogP contribution in [0, 0.1) is 0 Å². The number of fused-ring (bicyclic) bond motifs is 1. The highest BCUT2D eigenvalue weighted by molar-refractivity contribution is 7.92. The maximum absolute atomic E-state index is 12.7. The van der Waals surface area contributed by atoms with E-state index in [-0.39, 0.29) is 5.97 Å². The first kappa shape index (κ1) is 20.3. The van der Waals surface area contributed by atoms with E-state index in [0.29, 0.717) is 42.0 Å². The number of nitrogens with one attached hydrogen (secondary N) is 2. The first-order valence-corrected chi connectivity index (χ1v) is 10.9. The monoisotopic (exact) mass is 407 g/mol. The number of hydrogen-bond acceptors (Lipinski definition) is 8. The number of ether oxygens (including phenoxy) is 1. The molecule has 0 saturated carbocycles. The fraction of sp³-hybridized carbons (Fsp3) is 0.500. The summed E-state index contributed by atoms with van der Waals surface area (Å²) in [6.07, 6.45) is 2.53. The second-order valence-electron chi connectivity index (χ2n) is 7.75. The minimum atomic E-state index is -3.42. The van der Waals surface area contributed by atoms with Gasteiger partial charge >= 0.3 is 5.97 Å². The average molecular weight is 407 g/mol. The van der Waals surface area contributed by atoms with Gasteiger partial charge in [0, 0.05) is 30.7 Å². The molecule has 0 amide bonds. The third kappa shape index (κ3) is 4.87. The summed E-state index contributed by atoms with van der Waals surface area (Å²) in [7, 11) is -3.42. The van der Waals surface area contributed by atoms with E-state index in [1.165, 1.54) is 6.33 Å². The van der Waals surface area contributed by atoms with Crippen LogP contribution >= 0.6 is 0 Å². The Bertz CT molecular complexity index is 987. The molecule has 0 radical (unpaired) electrons. The van der Waals surface area contributed by atoms with Gasteiger partial charge in [0.05, 0.1) is 11.8 Å². The SMILES string of the molecule is CC(C)(C)OC(=O)C1CNCCN1c1ncnc2ccc(NS(C)(=O)=O)cc12. The Morgan fingerprint density at radius 3 is 2.75 bits per heavy atom. The van der Waals surface area contributed by atoms with E-state index < -0.39 is 21.7 Å². The molecule has 152 valence electrons. The summed E-state index contributed by atoms with van der Waals surface area (Å²) in [4.78, 5) is 23.3. The number of carbonyl (C=O) groups is 1. The number of carbonyl (C=O) groups excluding carboxylic acids is 1. The molecular weight excluding hydrogens is 382 g/mol. The summed E-state index contributed by atoms with van der Waals surface area (Å²) in [6.45, 7) is 7.16. The molecule has 2 heterocycles. The molecule has 10 heteroatoms. The first-order chi connectivity index (χ1) is 13.0. The molecule has 2 N–H and O–H groups in total. The van der Waals surface area contributed by atoms with Crippen molar-refractivity contribution in [2.24, 2.45) is 0 Å². The molecule has 1 unspecified atom stereocenters. The third-order valence-electron chi connectivity index (χ3n) is 4.11. The Kier molecular flexibility index (Phi) is 5.44. The van der Waals surface area contributed by atoms with Crippen LogP contribution in [0.25, 0.3) is 10.9 Å². The van der Waals surface area contributed by atoms with Crippen LogP contribution in [0.3, 0.4) is 0 Å². The van der Waals surface area contributed by atoms with E-state index in [1.807, 2.05) is 25.7 Å². The Hall–Kier alpha value is -2.46. The summed E-state index contributed by atoms with van der Waals surface area (Å²) >= 11 is 0. The molecule has 1 aromatic heterocycles. The minimum Gasteiger partial charge on any atom is -0.458 e. The van der Waals surface area contributed by atoms with Crippen molar-refractivity contribution in [2.45, 2.75) is 32.4 Å². The molecule has 1 fully saturated rings. The zero-order chi connectivity index (χ0) is 20.5. The second-order valence-corrected chi connectivity index (χ2v) is 9.50. The van der Waals surface area contributed by atoms with Crippen molar-refractivity contribution in [1.82, 2.24) is 15.3 Å². The lowest BCUT2D eigenvalue weighted by molar-refractivity contribution is -0.156. The molecule has 1 aliphatic heterocycles. The van der Waals surface area contributed by atoms with Crippen LogP contribution in [0.4, 0.5) is 11.5 Å². The van der Waals surface area contributed by atoms with Crippen LogP contribution < -0.4 is 14.9 Å². The summed E-state index contributed by atoms with van der Waals surface area (Å²) < 4.78 is 31.2. The van der Waals surface area contributed by atoms with Crippen LogP contribution in [-0.4, -0.2) is 61.9 Å². The van der Waals surface area contributed by atoms with Crippen LogP contribution in [-0.2, 0) is 19.6 Å². The van der Waals surface area contributed by atoms with E-state index in [4.69, 9.17) is 4.74 Å². The Morgan fingerprint density at radius 2 is 2.07 bits per heavy atom. The zero-order valence-corrected chi connectivity index (χ0v) is 17.2. The van der Waals surface area contributed by atoms with E-state index in [9.17, 15) is 13.2 Å². The second kappa shape index (κ2) is 7.51. The normalized spacial score (nSPS) is 18.1. The Balaban J connectivity index is 2.02. The van der Waals surface area contributed by atoms with E-state index in [1.54, 1.807) is 18.2 Å². The van der Waals surface area contributed by atoms with Gasteiger partial charge in [0.15, 0.2) is 0 Å². The van der Waals surface area contributed by atoms with E-state index in [0.717, 1.165) is 6.26 Å². The lowest BCUT2D eigenvalue weighted by Gasteiger charge is -2.37. The first-order valence-electron chi connectivity index (χ1n) is 8.96. The lowest BCUT2D eigenvalue weighted by atomic mass is 10.1. The molecule has 0 bridgehead atoms. The van der Waals surface area contributed by atoms with Crippen molar-refractivity contribution in [3.05, 3.63) is 24.5 Å². The minimum absolute atomic E-state index is 0.336. The van der Waals surface area contributed by atoms with Crippen molar-refractivity contribution in [2.75, 3.05) is 35.5 Å². The van der Waals surface area contributed by atoms with E-state index >= 15 is 0 Å². The summed E-state index contributed by atoms with van der Waals surface area (Å²) in [5.41, 5.74) is 0.473. The number of aromatic nitrogens is 2. The van der Waals surface area contributed by atoms with Gasteiger partial charge in [0.2, 0.25) is 10.0 Å². The van der Waals surface area contributed by atoms with Gasteiger partial charge in [0.25, 0.3) is 0 Å². The average Bonchev–Trinajstić information content (AvgIpc) is 2.58. The largest absolute Gasteiger partial charge is 0.458 e. The van der Waals surface area contributed by atoms with Gasteiger partial charge in [-0.3, -0.25) is 4.72 Å². The molecule has 3 rings (SSSR count). The third-order valence-corrected chi connectivity index (χ3v) is 4.72. The summed E-state index contributed by atoms with van der Waals surface area (Å²) in [5.74, 6) is 0.233. The standard InChI is InChI=1S/C18H25N5O4S/c1-18(2,3)27-17(24)15-10-19-7-8-23(15)16-13-9-12(22-28(4,25)26)5-6-14(13)20-11-21-16/h5-6,9,11,15,19,22H,7-8,10H2,1-4H3. The van der Waals surface area contributed by atoms with Gasteiger partial charge in [-0.05, 0) is 39.0 Å². The van der Waals surface area contributed by atoms with Gasteiger partial charge in [-0.1, -0.05) is 0 Å². The smallest absolute Gasteiger partial charge is 0.330 e. The highest BCUT2D eigenvalue weighted by Crippen LogP contribution is 2.28. The number of anilines is 2. The van der Waals surface area contributed by atoms with E-state index in [2.05, 4.69) is 20.0 Å². The molecule has 2 aromatic rings. The highest BCUT2D eigenvalue weighted by atomic mass is 32.2. The van der Waals surface area contributed by atoms with Crippen LogP contribution in [0.15, 0.2) is 24.5 Å². The number of esters is 1. The number of hydrogen-bond donors (Lipinski definition) is 2. The van der Waals surface area contributed by atoms with Gasteiger partial charge in [0.1, 0.15) is 23.8 Å². The van der Waals surface area contributed by atoms with Crippen molar-refractivity contribution in [3.8, 4) is 0 Å². The fourth-order valence-electron chi connectivity index (χ4n) is 3.09. The number of nitrogens with zero attached hydrogens (tertiary/aromatic N) is 3. The lowest BCUT2D eigenvalue weighted by Crippen LogP contribution is -2.56. The summed E-state index contributed by atoms with van der Waals surface area (Å²) in [6, 6.07) is 4.50. The fourth-order valence-corrected chi connectivity index (χ4v) is 3.64. The van der Waals surface area contributed by atoms with Crippen LogP contribution in [0.1, 0.15) is 20.8 Å². The van der Waals surface area contributed by atoms with Crippen molar-refractivity contribution in [3.63, 3.8) is 0 Å². The van der Waals surface area contributed by atoms with Crippen LogP contribution in [0.2, 0.25) is 0 Å². The quantitative estimate of drug-likeness (QED) is 0.725. The van der Waals surface area contributed by atoms with Gasteiger partial charge in [-0.15, -0.1) is 0 Å². The number of benzene rings is 1. The van der Waals surface area contributed by atoms with Crippen LogP contribution in [0.5, 0.6) is 0 Å². The predicted molar refractivity (Wildman–Crippen MR) is 108 cm³/mol. The number of piperazine rings is 1. The Morgan fingerprint density at radius 1 is 1.32 bits per heavy atom. The highest BCUT2D eigenvalue weighted by Gasteiger charge is 2.34. The molecule has 9 nitrogen and oxygen atoms in total. The molecule has 1 atom stereocenters. The Labute approximate surface area is 164 Å². The molecule has 1 aromatic carbocycles. The molecule has 28 heavy (non-hydrogen) atoms. The maximum atomic E-state index is 12.7. The molecular formula is C18H25N5O4S.